The zero-order chi connectivity index (χ0) is 44.1. The fourth-order valence-electron chi connectivity index (χ4n) is 2.94. The fraction of sp³-hybridized carbons (Fsp3) is 0.969. The van der Waals surface area contributed by atoms with Crippen LogP contribution in [0.15, 0.2) is 0 Å². The van der Waals surface area contributed by atoms with Crippen LogP contribution in [0.5, 0.6) is 0 Å². The van der Waals surface area contributed by atoms with Gasteiger partial charge < -0.3 is 30.7 Å². The maximum absolute atomic E-state index is 12.5. The molecule has 326 valence electrons. The largest absolute Gasteiger partial charge is 0.390 e. The van der Waals surface area contributed by atoms with E-state index in [-0.39, 0.29) is 30.1 Å². The maximum Gasteiger partial charge on any atom is 0.317 e. The highest BCUT2D eigenvalue weighted by Gasteiger charge is 2.35. The number of hydrogen-bond acceptors (Lipinski definition) is 12. The first-order valence-corrected chi connectivity index (χ1v) is 24.0. The van der Waals surface area contributed by atoms with Gasteiger partial charge in [-0.15, -0.1) is 0 Å². The zero-order valence-electron chi connectivity index (χ0n) is 35.9. The minimum Gasteiger partial charge on any atom is -0.390 e. The summed E-state index contributed by atoms with van der Waals surface area (Å²) in [6.45, 7) is 22.1. The third-order valence-electron chi connectivity index (χ3n) is 9.40. The van der Waals surface area contributed by atoms with Gasteiger partial charge in [0, 0.05) is 95.7 Å². The molecule has 0 saturated heterocycles. The number of hydrogen-bond donors (Lipinski definition) is 4. The second-order valence-electron chi connectivity index (χ2n) is 15.0. The SMILES string of the molecule is CCC(C)(C)C=N.CCC(C)(C)N(C)S(=O)(=O)Cl.CCC(C)(C)N(C)S(=O)(=O)N(C)CC(O)[C@H](C)N(C)C.CNCC(O)[C@H](C)N(C)C.O=S(=O)(Cl)Cl. The van der Waals surface area contributed by atoms with Gasteiger partial charge in [-0.25, -0.2) is 0 Å². The molecule has 53 heavy (non-hydrogen) atoms. The normalized spacial score (nSPS) is 15.2. The van der Waals surface area contributed by atoms with Crippen molar-refractivity contribution in [3.8, 4) is 0 Å². The Morgan fingerprint density at radius 1 is 0.679 bits per heavy atom. The molecule has 0 radical (unpaired) electrons. The van der Waals surface area contributed by atoms with Gasteiger partial charge in [-0.3, -0.25) is 0 Å². The van der Waals surface area contributed by atoms with E-state index in [1.165, 1.54) is 33.2 Å². The third-order valence-corrected chi connectivity index (χ3v) is 13.3. The van der Waals surface area contributed by atoms with Gasteiger partial charge in [-0.2, -0.15) is 38.2 Å². The Morgan fingerprint density at radius 2 is 1.00 bits per heavy atom. The minimum atomic E-state index is -3.72. The zero-order valence-corrected chi connectivity index (χ0v) is 40.6. The molecule has 0 aliphatic heterocycles. The van der Waals surface area contributed by atoms with Crippen molar-refractivity contribution >= 4 is 66.0 Å². The highest BCUT2D eigenvalue weighted by atomic mass is 36.0. The first kappa shape index (κ1) is 62.3. The highest BCUT2D eigenvalue weighted by molar-refractivity contribution is 8.31. The molecular weight excluding hydrogens is 813 g/mol. The van der Waals surface area contributed by atoms with Crippen LogP contribution in [0.25, 0.3) is 0 Å². The van der Waals surface area contributed by atoms with Gasteiger partial charge in [0.05, 0.1) is 12.2 Å². The number of likely N-dealkylation sites (N-methyl/N-ethyl adjacent to an activating group) is 4. The van der Waals surface area contributed by atoms with Crippen LogP contribution in [-0.4, -0.2) is 169 Å². The lowest BCUT2D eigenvalue weighted by atomic mass is 9.92. The van der Waals surface area contributed by atoms with Gasteiger partial charge >= 0.3 is 8.26 Å². The number of halogens is 3. The van der Waals surface area contributed by atoms with Crippen LogP contribution in [0.1, 0.15) is 95.4 Å². The minimum absolute atomic E-state index is 0.0752. The quantitative estimate of drug-likeness (QED) is 0.119. The fourth-order valence-corrected chi connectivity index (χ4v) is 5.73. The lowest BCUT2D eigenvalue weighted by Crippen LogP contribution is -2.53. The van der Waals surface area contributed by atoms with Crippen molar-refractivity contribution in [2.45, 2.75) is 131 Å². The Hall–Kier alpha value is 0.0700. The van der Waals surface area contributed by atoms with Crippen LogP contribution >= 0.6 is 32.0 Å². The van der Waals surface area contributed by atoms with Gasteiger partial charge in [-0.05, 0) is 101 Å². The van der Waals surface area contributed by atoms with Crippen molar-refractivity contribution in [1.82, 2.24) is 28.0 Å². The number of rotatable bonds is 17. The van der Waals surface area contributed by atoms with Crippen molar-refractivity contribution in [2.75, 3.05) is 69.5 Å². The summed E-state index contributed by atoms with van der Waals surface area (Å²) in [6, 6.07) is 0.101. The smallest absolute Gasteiger partial charge is 0.317 e. The van der Waals surface area contributed by atoms with E-state index in [9.17, 15) is 27.0 Å². The molecule has 0 amide bonds. The second kappa shape index (κ2) is 27.7. The molecular formula is C32H76Cl3N7O8S3. The van der Waals surface area contributed by atoms with Gasteiger partial charge in [0.1, 0.15) is 0 Å². The molecule has 15 nitrogen and oxygen atoms in total. The van der Waals surface area contributed by atoms with Crippen LogP contribution in [0.2, 0.25) is 0 Å². The van der Waals surface area contributed by atoms with E-state index in [4.69, 9.17) is 24.5 Å². The predicted molar refractivity (Wildman–Crippen MR) is 226 cm³/mol. The molecule has 4 atom stereocenters. The molecule has 21 heteroatoms. The summed E-state index contributed by atoms with van der Waals surface area (Å²) in [5.74, 6) is 0. The second-order valence-corrected chi connectivity index (χ2v) is 23.2. The molecule has 0 aliphatic rings. The highest BCUT2D eigenvalue weighted by Crippen LogP contribution is 2.23. The summed E-state index contributed by atoms with van der Waals surface area (Å²) in [5, 5.41) is 29.3. The van der Waals surface area contributed by atoms with Crippen molar-refractivity contribution in [2.24, 2.45) is 5.41 Å². The predicted octanol–water partition coefficient (Wildman–Crippen LogP) is 4.48. The van der Waals surface area contributed by atoms with E-state index in [1.54, 1.807) is 7.05 Å². The van der Waals surface area contributed by atoms with E-state index in [0.717, 1.165) is 12.8 Å². The number of aliphatic hydroxyl groups is 2. The first-order chi connectivity index (χ1) is 23.3. The van der Waals surface area contributed by atoms with Gasteiger partial charge in [0.25, 0.3) is 19.4 Å². The molecule has 0 aromatic rings. The molecule has 4 N–H and O–H groups in total. The molecule has 0 aliphatic carbocycles. The first-order valence-electron chi connectivity index (χ1n) is 17.2. The molecule has 0 saturated carbocycles. The lowest BCUT2D eigenvalue weighted by molar-refractivity contribution is 0.0711. The Labute approximate surface area is 338 Å². The van der Waals surface area contributed by atoms with E-state index < -0.39 is 44.9 Å². The molecule has 0 bridgehead atoms. The van der Waals surface area contributed by atoms with Crippen molar-refractivity contribution in [1.29, 1.82) is 5.41 Å². The summed E-state index contributed by atoms with van der Waals surface area (Å²) in [6.07, 6.45) is 2.98. The van der Waals surface area contributed by atoms with E-state index in [1.807, 2.05) is 100 Å². The van der Waals surface area contributed by atoms with E-state index in [0.29, 0.717) is 13.0 Å². The molecule has 0 rings (SSSR count). The Balaban J connectivity index is -0.000000198. The Morgan fingerprint density at radius 3 is 1.21 bits per heavy atom. The number of aliphatic hydroxyl groups excluding tert-OH is 2. The van der Waals surface area contributed by atoms with E-state index >= 15 is 0 Å². The van der Waals surface area contributed by atoms with Crippen LogP contribution in [0, 0.1) is 10.8 Å². The Bertz CT molecular complexity index is 1300. The summed E-state index contributed by atoms with van der Waals surface area (Å²) < 4.78 is 68.7. The van der Waals surface area contributed by atoms with E-state index in [2.05, 4.69) is 47.5 Å². The van der Waals surface area contributed by atoms with Crippen LogP contribution in [0.4, 0.5) is 0 Å². The van der Waals surface area contributed by atoms with Crippen molar-refractivity contribution in [3.63, 3.8) is 0 Å². The van der Waals surface area contributed by atoms with Gasteiger partial charge in [0.2, 0.25) is 0 Å². The standard InChI is InChI=1S/C13H31N3O3S.C7H18N2O.C6H14ClNO2S.C6H13N.Cl2O2S/c1-9-13(3,4)16(8)20(18,19)15(7)10-12(17)11(2)14(5)6;1-6(9(3)4)7(10)5-8-2;1-5-6(2,3)8(4)11(7,9)10;1-4-6(2,3)5-7;1-5(2,3)4/h11-12,17H,9-10H2,1-8H3;6-8,10H,5H2,1-4H3;5H2,1-4H3;5,7H,4H2,1-3H3;/t11-,12?;6-,7?;;;/m00.../s1. The lowest BCUT2D eigenvalue weighted by Gasteiger charge is -2.37. The van der Waals surface area contributed by atoms with Gasteiger partial charge in [0.15, 0.2) is 0 Å². The van der Waals surface area contributed by atoms with Crippen LogP contribution in [0.3, 0.4) is 0 Å². The number of nitrogens with one attached hydrogen (secondary N) is 2. The van der Waals surface area contributed by atoms with Crippen molar-refractivity contribution in [3.05, 3.63) is 0 Å². The molecule has 0 spiro atoms. The van der Waals surface area contributed by atoms with Gasteiger partial charge in [-0.1, -0.05) is 34.6 Å². The topological polar surface area (TPSA) is 195 Å². The summed E-state index contributed by atoms with van der Waals surface area (Å²) in [4.78, 5) is 3.87. The average Bonchev–Trinajstić information content (AvgIpc) is 3.02. The number of nitrogens with zero attached hydrogens (tertiary/aromatic N) is 5. The van der Waals surface area contributed by atoms with Crippen LogP contribution in [-0.2, 0) is 27.7 Å². The molecule has 0 aromatic carbocycles. The average molecular weight is 890 g/mol. The third kappa shape index (κ3) is 30.8. The van der Waals surface area contributed by atoms with Crippen LogP contribution < -0.4 is 5.32 Å². The molecule has 0 heterocycles. The van der Waals surface area contributed by atoms with Crippen molar-refractivity contribution < 1.29 is 35.5 Å². The maximum atomic E-state index is 12.5. The Kier molecular flexibility index (Phi) is 32.5. The molecule has 0 fully saturated rings. The summed E-state index contributed by atoms with van der Waals surface area (Å²) in [7, 11) is 16.9. The summed E-state index contributed by atoms with van der Waals surface area (Å²) >= 11 is 0. The monoisotopic (exact) mass is 887 g/mol. The summed E-state index contributed by atoms with van der Waals surface area (Å²) in [5.41, 5.74) is -0.730. The molecule has 0 aromatic heterocycles. The molecule has 2 unspecified atom stereocenters.